The van der Waals surface area contributed by atoms with E-state index < -0.39 is 5.41 Å². The number of carbonyl (C=O) groups excluding carboxylic acids is 1. The number of anilines is 2. The SMILES string of the molecule is CC1(C)CN(c2cccc(C3C=Nc4[nH]ccc4N3C(=O)C(C)(C)C)c2)C1. The normalized spacial score (nSPS) is 21.0. The molecule has 0 radical (unpaired) electrons. The molecule has 0 saturated carbocycles. The summed E-state index contributed by atoms with van der Waals surface area (Å²) >= 11 is 0. The highest BCUT2D eigenvalue weighted by atomic mass is 16.2. The van der Waals surface area contributed by atoms with Gasteiger partial charge < -0.3 is 9.88 Å². The molecular formula is C22H28N4O. The molecular weight excluding hydrogens is 336 g/mol. The zero-order valence-electron chi connectivity index (χ0n) is 16.8. The van der Waals surface area contributed by atoms with Gasteiger partial charge in [-0.2, -0.15) is 0 Å². The second-order valence-corrected chi connectivity index (χ2v) is 9.47. The van der Waals surface area contributed by atoms with Crippen molar-refractivity contribution in [2.24, 2.45) is 15.8 Å². The van der Waals surface area contributed by atoms with Gasteiger partial charge in [-0.05, 0) is 29.2 Å². The van der Waals surface area contributed by atoms with Crippen molar-refractivity contribution in [1.29, 1.82) is 0 Å². The molecule has 2 aliphatic heterocycles. The molecule has 1 unspecified atom stereocenters. The Labute approximate surface area is 161 Å². The lowest BCUT2D eigenvalue weighted by atomic mass is 9.84. The molecule has 1 N–H and O–H groups in total. The second-order valence-electron chi connectivity index (χ2n) is 9.47. The smallest absolute Gasteiger partial charge is 0.233 e. The first kappa shape index (κ1) is 17.8. The van der Waals surface area contributed by atoms with Gasteiger partial charge in [0.15, 0.2) is 5.82 Å². The summed E-state index contributed by atoms with van der Waals surface area (Å²) in [5, 5.41) is 0. The lowest BCUT2D eigenvalue weighted by Gasteiger charge is -2.47. The molecule has 0 aliphatic carbocycles. The van der Waals surface area contributed by atoms with Crippen LogP contribution in [0.25, 0.3) is 0 Å². The number of amides is 1. The monoisotopic (exact) mass is 364 g/mol. The number of aromatic nitrogens is 1. The van der Waals surface area contributed by atoms with Crippen LogP contribution in [0.5, 0.6) is 0 Å². The van der Waals surface area contributed by atoms with E-state index >= 15 is 0 Å². The van der Waals surface area contributed by atoms with Crippen molar-refractivity contribution in [3.63, 3.8) is 0 Å². The van der Waals surface area contributed by atoms with Crippen LogP contribution in [0, 0.1) is 10.8 Å². The Morgan fingerprint density at radius 3 is 2.63 bits per heavy atom. The third-order valence-corrected chi connectivity index (χ3v) is 5.26. The lowest BCUT2D eigenvalue weighted by molar-refractivity contribution is -0.126. The molecule has 1 aromatic carbocycles. The Kier molecular flexibility index (Phi) is 3.95. The fourth-order valence-corrected chi connectivity index (χ4v) is 3.92. The molecule has 2 aliphatic rings. The molecule has 27 heavy (non-hydrogen) atoms. The molecule has 5 heteroatoms. The number of hydrogen-bond acceptors (Lipinski definition) is 3. The Morgan fingerprint density at radius 2 is 1.96 bits per heavy atom. The highest BCUT2D eigenvalue weighted by Gasteiger charge is 2.38. The molecule has 0 bridgehead atoms. The fourth-order valence-electron chi connectivity index (χ4n) is 3.92. The van der Waals surface area contributed by atoms with Gasteiger partial charge in [0.05, 0.1) is 11.7 Å². The van der Waals surface area contributed by atoms with E-state index in [1.807, 2.05) is 44.1 Å². The van der Waals surface area contributed by atoms with Gasteiger partial charge in [-0.15, -0.1) is 0 Å². The van der Waals surface area contributed by atoms with Crippen LogP contribution in [-0.4, -0.2) is 30.2 Å². The van der Waals surface area contributed by atoms with Crippen molar-refractivity contribution < 1.29 is 4.79 Å². The van der Waals surface area contributed by atoms with Crippen LogP contribution < -0.4 is 9.80 Å². The zero-order chi connectivity index (χ0) is 19.4. The predicted octanol–water partition coefficient (Wildman–Crippen LogP) is 4.70. The van der Waals surface area contributed by atoms with Gasteiger partial charge in [-0.1, -0.05) is 46.8 Å². The molecule has 1 saturated heterocycles. The maximum atomic E-state index is 13.3. The summed E-state index contributed by atoms with van der Waals surface area (Å²) < 4.78 is 0. The number of rotatable bonds is 2. The maximum Gasteiger partial charge on any atom is 0.233 e. The Bertz CT molecular complexity index is 895. The molecule has 4 rings (SSSR count). The summed E-state index contributed by atoms with van der Waals surface area (Å²) in [6.07, 6.45) is 3.72. The van der Waals surface area contributed by atoms with Crippen molar-refractivity contribution >= 4 is 29.3 Å². The first-order chi connectivity index (χ1) is 12.7. The number of hydrogen-bond donors (Lipinski definition) is 1. The lowest BCUT2D eigenvalue weighted by Crippen LogP contribution is -2.53. The van der Waals surface area contributed by atoms with Gasteiger partial charge in [0.1, 0.15) is 0 Å². The van der Waals surface area contributed by atoms with E-state index in [0.717, 1.165) is 30.2 Å². The maximum absolute atomic E-state index is 13.3. The van der Waals surface area contributed by atoms with Gasteiger partial charge in [-0.3, -0.25) is 9.69 Å². The minimum Gasteiger partial charge on any atom is -0.370 e. The quantitative estimate of drug-likeness (QED) is 0.840. The molecule has 3 heterocycles. The average Bonchev–Trinajstić information content (AvgIpc) is 3.06. The number of H-pyrrole nitrogens is 1. The molecule has 142 valence electrons. The summed E-state index contributed by atoms with van der Waals surface area (Å²) in [6.45, 7) is 12.6. The minimum absolute atomic E-state index is 0.0926. The minimum atomic E-state index is -0.475. The first-order valence-electron chi connectivity index (χ1n) is 9.56. The Balaban J connectivity index is 1.71. The van der Waals surface area contributed by atoms with E-state index in [-0.39, 0.29) is 11.9 Å². The van der Waals surface area contributed by atoms with E-state index in [0.29, 0.717) is 5.41 Å². The van der Waals surface area contributed by atoms with Crippen LogP contribution >= 0.6 is 0 Å². The number of aromatic amines is 1. The topological polar surface area (TPSA) is 51.7 Å². The standard InChI is InChI=1S/C22H28N4O/c1-21(2,3)20(27)26-17-9-10-23-19(17)24-12-18(26)15-7-6-8-16(11-15)25-13-22(4,5)14-25/h6-12,18,23H,13-14H2,1-5H3. The fraction of sp³-hybridized carbons (Fsp3) is 0.455. The molecule has 1 fully saturated rings. The van der Waals surface area contributed by atoms with E-state index in [2.05, 4.69) is 53.0 Å². The average molecular weight is 364 g/mol. The van der Waals surface area contributed by atoms with E-state index in [1.165, 1.54) is 5.69 Å². The molecule has 5 nitrogen and oxygen atoms in total. The van der Waals surface area contributed by atoms with Crippen LogP contribution in [0.2, 0.25) is 0 Å². The highest BCUT2D eigenvalue weighted by Crippen LogP contribution is 2.41. The Hall–Kier alpha value is -2.56. The molecule has 1 amide bonds. The van der Waals surface area contributed by atoms with Gasteiger partial charge >= 0.3 is 0 Å². The first-order valence-corrected chi connectivity index (χ1v) is 9.56. The number of nitrogens with one attached hydrogen (secondary N) is 1. The van der Waals surface area contributed by atoms with Crippen LogP contribution in [0.1, 0.15) is 46.2 Å². The van der Waals surface area contributed by atoms with Crippen molar-refractivity contribution in [2.45, 2.75) is 40.7 Å². The van der Waals surface area contributed by atoms with Gasteiger partial charge in [0.2, 0.25) is 5.91 Å². The van der Waals surface area contributed by atoms with Crippen molar-refractivity contribution in [3.05, 3.63) is 42.1 Å². The molecule has 1 aromatic heterocycles. The van der Waals surface area contributed by atoms with Gasteiger partial charge in [-0.25, -0.2) is 4.99 Å². The van der Waals surface area contributed by atoms with Crippen LogP contribution in [0.4, 0.5) is 17.2 Å². The van der Waals surface area contributed by atoms with Crippen LogP contribution in [0.3, 0.4) is 0 Å². The number of nitrogens with zero attached hydrogens (tertiary/aromatic N) is 3. The molecule has 2 aromatic rings. The third-order valence-electron chi connectivity index (χ3n) is 5.26. The predicted molar refractivity (Wildman–Crippen MR) is 111 cm³/mol. The Morgan fingerprint density at radius 1 is 1.22 bits per heavy atom. The van der Waals surface area contributed by atoms with Crippen molar-refractivity contribution in [1.82, 2.24) is 4.98 Å². The van der Waals surface area contributed by atoms with Crippen molar-refractivity contribution in [2.75, 3.05) is 22.9 Å². The van der Waals surface area contributed by atoms with E-state index in [4.69, 9.17) is 0 Å². The number of benzene rings is 1. The zero-order valence-corrected chi connectivity index (χ0v) is 16.8. The molecule has 0 spiro atoms. The number of aliphatic imine (C=N–C) groups is 1. The van der Waals surface area contributed by atoms with E-state index in [1.54, 1.807) is 0 Å². The largest absolute Gasteiger partial charge is 0.370 e. The van der Waals surface area contributed by atoms with E-state index in [9.17, 15) is 4.79 Å². The molecule has 1 atom stereocenters. The highest BCUT2D eigenvalue weighted by molar-refractivity contribution is 6.05. The summed E-state index contributed by atoms with van der Waals surface area (Å²) in [7, 11) is 0. The van der Waals surface area contributed by atoms with Crippen molar-refractivity contribution in [3.8, 4) is 0 Å². The number of carbonyl (C=O) groups is 1. The summed E-state index contributed by atoms with van der Waals surface area (Å²) in [6, 6.07) is 10.3. The summed E-state index contributed by atoms with van der Waals surface area (Å²) in [5.41, 5.74) is 3.04. The van der Waals surface area contributed by atoms with Crippen LogP contribution in [-0.2, 0) is 4.79 Å². The van der Waals surface area contributed by atoms with Gasteiger partial charge in [0.25, 0.3) is 0 Å². The van der Waals surface area contributed by atoms with Gasteiger partial charge in [0, 0.05) is 36.6 Å². The summed E-state index contributed by atoms with van der Waals surface area (Å²) in [4.78, 5) is 25.2. The summed E-state index contributed by atoms with van der Waals surface area (Å²) in [5.74, 6) is 0.833. The van der Waals surface area contributed by atoms with Crippen LogP contribution in [0.15, 0.2) is 41.5 Å². The number of fused-ring (bicyclic) bond motifs is 1. The third kappa shape index (κ3) is 3.15. The second kappa shape index (κ2) is 5.98.